The highest BCUT2D eigenvalue weighted by molar-refractivity contribution is 6.02. The quantitative estimate of drug-likeness (QED) is 0.765. The number of amides is 2. The fourth-order valence-electron chi connectivity index (χ4n) is 4.52. The number of aryl methyl sites for hydroxylation is 1. The molecule has 3 saturated heterocycles. The fourth-order valence-corrected chi connectivity index (χ4v) is 4.52. The van der Waals surface area contributed by atoms with Gasteiger partial charge in [-0.1, -0.05) is 6.92 Å². The molecule has 124 valence electrons. The number of aromatic nitrogens is 3. The SMILES string of the molecule is CCc1cc(N2C[C@@]34CNC(=O)[C@@]3(CNC4=O)C2)n2nccc2n1. The predicted octanol–water partition coefficient (Wildman–Crippen LogP) is -0.656. The minimum absolute atomic E-state index is 0.0233. The van der Waals surface area contributed by atoms with Crippen molar-refractivity contribution in [3.05, 3.63) is 24.0 Å². The van der Waals surface area contributed by atoms with Crippen LogP contribution in [0.3, 0.4) is 0 Å². The maximum atomic E-state index is 12.5. The van der Waals surface area contributed by atoms with Gasteiger partial charge >= 0.3 is 0 Å². The summed E-state index contributed by atoms with van der Waals surface area (Å²) in [6.45, 7) is 3.90. The third-order valence-corrected chi connectivity index (χ3v) is 5.89. The van der Waals surface area contributed by atoms with Crippen LogP contribution in [-0.2, 0) is 16.0 Å². The van der Waals surface area contributed by atoms with E-state index in [1.54, 1.807) is 10.7 Å². The molecule has 3 fully saturated rings. The largest absolute Gasteiger partial charge is 0.354 e. The Bertz CT molecular complexity index is 860. The number of carbonyl (C=O) groups excluding carboxylic acids is 2. The molecule has 0 bridgehead atoms. The summed E-state index contributed by atoms with van der Waals surface area (Å²) in [6, 6.07) is 3.89. The molecule has 2 amide bonds. The summed E-state index contributed by atoms with van der Waals surface area (Å²) in [5, 5.41) is 10.2. The summed E-state index contributed by atoms with van der Waals surface area (Å²) >= 11 is 0. The zero-order valence-corrected chi connectivity index (χ0v) is 13.4. The van der Waals surface area contributed by atoms with Gasteiger partial charge in [0.25, 0.3) is 0 Å². The van der Waals surface area contributed by atoms with E-state index >= 15 is 0 Å². The zero-order chi connectivity index (χ0) is 16.5. The minimum Gasteiger partial charge on any atom is -0.354 e. The molecule has 0 radical (unpaired) electrons. The average molecular weight is 326 g/mol. The molecule has 8 nitrogen and oxygen atoms in total. The molecule has 3 aliphatic rings. The molecular formula is C16H18N6O2. The van der Waals surface area contributed by atoms with Crippen LogP contribution in [0.1, 0.15) is 12.6 Å². The van der Waals surface area contributed by atoms with Crippen molar-refractivity contribution in [3.8, 4) is 0 Å². The highest BCUT2D eigenvalue weighted by Gasteiger charge is 2.73. The molecule has 0 aliphatic carbocycles. The lowest BCUT2D eigenvalue weighted by molar-refractivity contribution is -0.132. The van der Waals surface area contributed by atoms with E-state index in [4.69, 9.17) is 0 Å². The van der Waals surface area contributed by atoms with Crippen molar-refractivity contribution in [3.63, 3.8) is 0 Å². The summed E-state index contributed by atoms with van der Waals surface area (Å²) in [7, 11) is 0. The van der Waals surface area contributed by atoms with Gasteiger partial charge < -0.3 is 15.5 Å². The summed E-state index contributed by atoms with van der Waals surface area (Å²) in [4.78, 5) is 31.8. The molecule has 3 aliphatic heterocycles. The highest BCUT2D eigenvalue weighted by Crippen LogP contribution is 2.53. The lowest BCUT2D eigenvalue weighted by Gasteiger charge is -2.24. The van der Waals surface area contributed by atoms with E-state index in [0.717, 1.165) is 23.6 Å². The normalized spacial score (nSPS) is 31.3. The van der Waals surface area contributed by atoms with Crippen LogP contribution >= 0.6 is 0 Å². The van der Waals surface area contributed by atoms with Gasteiger partial charge in [0, 0.05) is 44.0 Å². The number of anilines is 1. The third-order valence-electron chi connectivity index (χ3n) is 5.89. The molecule has 24 heavy (non-hydrogen) atoms. The molecule has 0 spiro atoms. The monoisotopic (exact) mass is 326 g/mol. The van der Waals surface area contributed by atoms with Crippen LogP contribution in [0, 0.1) is 10.8 Å². The highest BCUT2D eigenvalue weighted by atomic mass is 16.2. The van der Waals surface area contributed by atoms with Gasteiger partial charge in [-0.05, 0) is 6.42 Å². The Kier molecular flexibility index (Phi) is 2.44. The van der Waals surface area contributed by atoms with Crippen LogP contribution in [0.5, 0.6) is 0 Å². The first kappa shape index (κ1) is 13.8. The molecule has 2 N–H and O–H groups in total. The summed E-state index contributed by atoms with van der Waals surface area (Å²) in [5.41, 5.74) is 0.401. The fraction of sp³-hybridized carbons (Fsp3) is 0.500. The topological polar surface area (TPSA) is 91.6 Å². The molecule has 2 aromatic rings. The molecule has 5 rings (SSSR count). The standard InChI is InChI=1S/C16H18N6O2/c1-2-10-5-12(22-11(20-10)3-4-19-22)21-8-15-6-17-14(24)16(15,9-21)7-18-13(15)23/h3-5H,2,6-9H2,1H3,(H,17,24)(H,18,23)/t15-,16-/m1/s1. The lowest BCUT2D eigenvalue weighted by atomic mass is 9.70. The molecule has 5 heterocycles. The van der Waals surface area contributed by atoms with Crippen molar-refractivity contribution in [1.82, 2.24) is 25.2 Å². The average Bonchev–Trinajstić information content (AvgIpc) is 3.29. The van der Waals surface area contributed by atoms with Crippen LogP contribution in [0.2, 0.25) is 0 Å². The summed E-state index contributed by atoms with van der Waals surface area (Å²) < 4.78 is 1.79. The van der Waals surface area contributed by atoms with Crippen LogP contribution in [0.4, 0.5) is 5.82 Å². The number of nitrogens with one attached hydrogen (secondary N) is 2. The van der Waals surface area contributed by atoms with E-state index in [0.29, 0.717) is 26.2 Å². The van der Waals surface area contributed by atoms with Crippen LogP contribution < -0.4 is 15.5 Å². The third kappa shape index (κ3) is 1.40. The first-order chi connectivity index (χ1) is 11.6. The number of fused-ring (bicyclic) bond motifs is 1. The number of rotatable bonds is 2. The first-order valence-corrected chi connectivity index (χ1v) is 8.25. The van der Waals surface area contributed by atoms with Crippen LogP contribution in [0.25, 0.3) is 5.65 Å². The Morgan fingerprint density at radius 2 is 1.83 bits per heavy atom. The molecule has 2 atom stereocenters. The molecule has 0 saturated carbocycles. The maximum Gasteiger partial charge on any atom is 0.231 e. The van der Waals surface area contributed by atoms with E-state index < -0.39 is 10.8 Å². The summed E-state index contributed by atoms with van der Waals surface area (Å²) in [6.07, 6.45) is 2.54. The van der Waals surface area contributed by atoms with E-state index in [2.05, 4.69) is 32.5 Å². The van der Waals surface area contributed by atoms with E-state index in [-0.39, 0.29) is 11.8 Å². The van der Waals surface area contributed by atoms with Crippen molar-refractivity contribution in [2.24, 2.45) is 10.8 Å². The Morgan fingerprint density at radius 1 is 1.17 bits per heavy atom. The number of nitrogens with zero attached hydrogens (tertiary/aromatic N) is 4. The van der Waals surface area contributed by atoms with Crippen molar-refractivity contribution in [2.75, 3.05) is 31.1 Å². The Labute approximate surface area is 138 Å². The molecule has 0 unspecified atom stereocenters. The van der Waals surface area contributed by atoms with Crippen LogP contribution in [-0.4, -0.2) is 52.6 Å². The first-order valence-electron chi connectivity index (χ1n) is 8.25. The Hall–Kier alpha value is -2.64. The Balaban J connectivity index is 1.65. The van der Waals surface area contributed by atoms with Crippen molar-refractivity contribution in [1.29, 1.82) is 0 Å². The lowest BCUT2D eigenvalue weighted by Crippen LogP contribution is -2.42. The molecule has 0 aromatic carbocycles. The second kappa shape index (κ2) is 4.25. The number of hydrogen-bond acceptors (Lipinski definition) is 5. The van der Waals surface area contributed by atoms with Crippen LogP contribution in [0.15, 0.2) is 18.3 Å². The smallest absolute Gasteiger partial charge is 0.231 e. The molecular weight excluding hydrogens is 308 g/mol. The van der Waals surface area contributed by atoms with Gasteiger partial charge in [0.2, 0.25) is 11.8 Å². The van der Waals surface area contributed by atoms with E-state index in [9.17, 15) is 9.59 Å². The van der Waals surface area contributed by atoms with Gasteiger partial charge in [-0.2, -0.15) is 9.61 Å². The van der Waals surface area contributed by atoms with Crippen molar-refractivity contribution < 1.29 is 9.59 Å². The van der Waals surface area contributed by atoms with Gasteiger partial charge in [-0.3, -0.25) is 9.59 Å². The second-order valence-electron chi connectivity index (χ2n) is 6.95. The van der Waals surface area contributed by atoms with Crippen molar-refractivity contribution in [2.45, 2.75) is 13.3 Å². The maximum absolute atomic E-state index is 12.5. The van der Waals surface area contributed by atoms with Gasteiger partial charge in [-0.25, -0.2) is 4.98 Å². The van der Waals surface area contributed by atoms with E-state index in [1.165, 1.54) is 0 Å². The molecule has 8 heteroatoms. The van der Waals surface area contributed by atoms with Gasteiger partial charge in [0.15, 0.2) is 5.65 Å². The second-order valence-corrected chi connectivity index (χ2v) is 6.95. The van der Waals surface area contributed by atoms with Gasteiger partial charge in [-0.15, -0.1) is 0 Å². The van der Waals surface area contributed by atoms with Gasteiger partial charge in [0.1, 0.15) is 16.6 Å². The zero-order valence-electron chi connectivity index (χ0n) is 13.4. The summed E-state index contributed by atoms with van der Waals surface area (Å²) in [5.74, 6) is 0.854. The van der Waals surface area contributed by atoms with E-state index in [1.807, 2.05) is 12.1 Å². The number of carbonyl (C=O) groups is 2. The number of hydrogen-bond donors (Lipinski definition) is 2. The van der Waals surface area contributed by atoms with Gasteiger partial charge in [0.05, 0.1) is 6.20 Å². The molecule has 2 aromatic heterocycles. The predicted molar refractivity (Wildman–Crippen MR) is 85.5 cm³/mol. The minimum atomic E-state index is -0.681. The van der Waals surface area contributed by atoms with Crippen molar-refractivity contribution >= 4 is 23.3 Å². The Morgan fingerprint density at radius 3 is 2.46 bits per heavy atom.